The Morgan fingerprint density at radius 2 is 2.14 bits per heavy atom. The molecule has 0 aliphatic carbocycles. The maximum Gasteiger partial charge on any atom is 0.153 e. The Bertz CT molecular complexity index is 421. The van der Waals surface area contributed by atoms with Crippen LogP contribution in [0.15, 0.2) is 30.6 Å². The van der Waals surface area contributed by atoms with Crippen LogP contribution in [0.25, 0.3) is 0 Å². The second kappa shape index (κ2) is 3.45. The highest BCUT2D eigenvalue weighted by Crippen LogP contribution is 2.10. The second-order valence-electron chi connectivity index (χ2n) is 2.86. The van der Waals surface area contributed by atoms with Crippen molar-refractivity contribution in [2.45, 2.75) is 0 Å². The van der Waals surface area contributed by atoms with Crippen molar-refractivity contribution >= 4 is 11.6 Å². The molecule has 0 aliphatic rings. The summed E-state index contributed by atoms with van der Waals surface area (Å²) in [7, 11) is 1.82. The van der Waals surface area contributed by atoms with Gasteiger partial charge in [-0.2, -0.15) is 5.10 Å². The first-order valence-corrected chi connectivity index (χ1v) is 4.12. The Labute approximate surface area is 80.4 Å². The van der Waals surface area contributed by atoms with Crippen molar-refractivity contribution < 1.29 is 4.39 Å². The molecule has 2 rings (SSSR count). The quantitative estimate of drug-likeness (QED) is 0.787. The lowest BCUT2D eigenvalue weighted by atomic mass is 10.4. The molecule has 2 aromatic heterocycles. The van der Waals surface area contributed by atoms with Crippen LogP contribution < -0.4 is 5.32 Å². The summed E-state index contributed by atoms with van der Waals surface area (Å²) in [4.78, 5) is 3.85. The molecule has 0 saturated heterocycles. The number of aryl methyl sites for hydroxylation is 1. The summed E-state index contributed by atoms with van der Waals surface area (Å²) in [6, 6.07) is 4.72. The molecule has 0 radical (unpaired) electrons. The van der Waals surface area contributed by atoms with E-state index in [0.29, 0.717) is 11.6 Å². The van der Waals surface area contributed by atoms with Gasteiger partial charge in [0.15, 0.2) is 5.82 Å². The van der Waals surface area contributed by atoms with Crippen LogP contribution in [0.4, 0.5) is 16.0 Å². The molecule has 0 saturated carbocycles. The van der Waals surface area contributed by atoms with Crippen LogP contribution in [0.5, 0.6) is 0 Å². The molecular formula is C9H9FN4. The van der Waals surface area contributed by atoms with E-state index in [2.05, 4.69) is 15.4 Å². The second-order valence-corrected chi connectivity index (χ2v) is 2.86. The minimum absolute atomic E-state index is 0.350. The van der Waals surface area contributed by atoms with E-state index in [0.717, 1.165) is 6.20 Å². The van der Waals surface area contributed by atoms with Crippen molar-refractivity contribution in [1.29, 1.82) is 0 Å². The maximum atomic E-state index is 12.5. The molecule has 2 heterocycles. The molecular weight excluding hydrogens is 183 g/mol. The predicted molar refractivity (Wildman–Crippen MR) is 50.7 cm³/mol. The fourth-order valence-electron chi connectivity index (χ4n) is 1.06. The third-order valence-electron chi connectivity index (χ3n) is 1.70. The SMILES string of the molecule is Cn1ccc(Nc2ccc(F)cn2)n1. The first-order valence-electron chi connectivity index (χ1n) is 4.12. The van der Waals surface area contributed by atoms with Gasteiger partial charge in [-0.15, -0.1) is 0 Å². The normalized spacial score (nSPS) is 10.1. The van der Waals surface area contributed by atoms with Crippen molar-refractivity contribution in [3.05, 3.63) is 36.4 Å². The standard InChI is InChI=1S/C9H9FN4/c1-14-5-4-9(13-14)12-8-3-2-7(10)6-11-8/h2-6H,1H3,(H,11,12,13). The molecule has 14 heavy (non-hydrogen) atoms. The van der Waals surface area contributed by atoms with Gasteiger partial charge in [-0.05, 0) is 12.1 Å². The van der Waals surface area contributed by atoms with E-state index in [1.165, 1.54) is 6.07 Å². The number of halogens is 1. The summed E-state index contributed by atoms with van der Waals surface area (Å²) < 4.78 is 14.2. The number of nitrogens with one attached hydrogen (secondary N) is 1. The Balaban J connectivity index is 2.15. The van der Waals surface area contributed by atoms with Crippen molar-refractivity contribution in [3.8, 4) is 0 Å². The Hall–Kier alpha value is -1.91. The van der Waals surface area contributed by atoms with Gasteiger partial charge < -0.3 is 5.32 Å². The fraction of sp³-hybridized carbons (Fsp3) is 0.111. The molecule has 5 heteroatoms. The van der Waals surface area contributed by atoms with Gasteiger partial charge in [0.25, 0.3) is 0 Å². The molecule has 1 N–H and O–H groups in total. The van der Waals surface area contributed by atoms with Crippen LogP contribution in [0, 0.1) is 5.82 Å². The summed E-state index contributed by atoms with van der Waals surface area (Å²) >= 11 is 0. The summed E-state index contributed by atoms with van der Waals surface area (Å²) in [5.74, 6) is 0.910. The number of rotatable bonds is 2. The third kappa shape index (κ3) is 1.87. The maximum absolute atomic E-state index is 12.5. The van der Waals surface area contributed by atoms with Crippen LogP contribution in [0.2, 0.25) is 0 Å². The monoisotopic (exact) mass is 192 g/mol. The molecule has 72 valence electrons. The van der Waals surface area contributed by atoms with Gasteiger partial charge in [-0.25, -0.2) is 9.37 Å². The number of hydrogen-bond donors (Lipinski definition) is 1. The van der Waals surface area contributed by atoms with Gasteiger partial charge in [0.05, 0.1) is 6.20 Å². The first-order chi connectivity index (χ1) is 6.74. The van der Waals surface area contributed by atoms with Gasteiger partial charge in [0.1, 0.15) is 11.6 Å². The molecule has 0 spiro atoms. The Morgan fingerprint density at radius 1 is 1.29 bits per heavy atom. The van der Waals surface area contributed by atoms with Crippen molar-refractivity contribution in [2.24, 2.45) is 7.05 Å². The lowest BCUT2D eigenvalue weighted by Crippen LogP contribution is -1.95. The van der Waals surface area contributed by atoms with Gasteiger partial charge in [0, 0.05) is 19.3 Å². The van der Waals surface area contributed by atoms with E-state index in [9.17, 15) is 4.39 Å². The van der Waals surface area contributed by atoms with E-state index in [1.54, 1.807) is 10.7 Å². The zero-order valence-corrected chi connectivity index (χ0v) is 7.61. The Kier molecular flexibility index (Phi) is 2.14. The summed E-state index contributed by atoms with van der Waals surface area (Å²) in [6.07, 6.45) is 2.97. The third-order valence-corrected chi connectivity index (χ3v) is 1.70. The molecule has 0 unspecified atom stereocenters. The molecule has 4 nitrogen and oxygen atoms in total. The number of anilines is 2. The molecule has 0 aromatic carbocycles. The number of nitrogens with zero attached hydrogens (tertiary/aromatic N) is 3. The van der Waals surface area contributed by atoms with Crippen molar-refractivity contribution in [3.63, 3.8) is 0 Å². The number of aromatic nitrogens is 3. The van der Waals surface area contributed by atoms with Crippen molar-refractivity contribution in [1.82, 2.24) is 14.8 Å². The predicted octanol–water partition coefficient (Wildman–Crippen LogP) is 1.70. The highest BCUT2D eigenvalue weighted by Gasteiger charge is 1.98. The zero-order valence-electron chi connectivity index (χ0n) is 7.61. The molecule has 0 bridgehead atoms. The highest BCUT2D eigenvalue weighted by atomic mass is 19.1. The van der Waals surface area contributed by atoms with E-state index in [1.807, 2.05) is 19.3 Å². The number of hydrogen-bond acceptors (Lipinski definition) is 3. The smallest absolute Gasteiger partial charge is 0.153 e. The number of pyridine rings is 1. The molecule has 2 aromatic rings. The molecule has 0 atom stereocenters. The van der Waals surface area contributed by atoms with Gasteiger partial charge in [0.2, 0.25) is 0 Å². The molecule has 0 aliphatic heterocycles. The highest BCUT2D eigenvalue weighted by molar-refractivity contribution is 5.50. The van der Waals surface area contributed by atoms with Gasteiger partial charge in [-0.1, -0.05) is 0 Å². The topological polar surface area (TPSA) is 42.7 Å². The van der Waals surface area contributed by atoms with E-state index < -0.39 is 0 Å². The molecule has 0 amide bonds. The minimum Gasteiger partial charge on any atom is -0.323 e. The van der Waals surface area contributed by atoms with Gasteiger partial charge >= 0.3 is 0 Å². The fourth-order valence-corrected chi connectivity index (χ4v) is 1.06. The van der Waals surface area contributed by atoms with Crippen LogP contribution >= 0.6 is 0 Å². The largest absolute Gasteiger partial charge is 0.323 e. The van der Waals surface area contributed by atoms with E-state index in [-0.39, 0.29) is 5.82 Å². The van der Waals surface area contributed by atoms with E-state index >= 15 is 0 Å². The lowest BCUT2D eigenvalue weighted by molar-refractivity contribution is 0.622. The molecule has 0 fully saturated rings. The summed E-state index contributed by atoms with van der Waals surface area (Å²) in [5.41, 5.74) is 0. The van der Waals surface area contributed by atoms with Crippen LogP contribution in [0.3, 0.4) is 0 Å². The minimum atomic E-state index is -0.350. The van der Waals surface area contributed by atoms with E-state index in [4.69, 9.17) is 0 Å². The lowest BCUT2D eigenvalue weighted by Gasteiger charge is -2.00. The average molecular weight is 192 g/mol. The van der Waals surface area contributed by atoms with Gasteiger partial charge in [-0.3, -0.25) is 4.68 Å². The van der Waals surface area contributed by atoms with Crippen molar-refractivity contribution in [2.75, 3.05) is 5.32 Å². The van der Waals surface area contributed by atoms with Crippen LogP contribution in [-0.4, -0.2) is 14.8 Å². The van der Waals surface area contributed by atoms with Crippen LogP contribution in [-0.2, 0) is 7.05 Å². The Morgan fingerprint density at radius 3 is 2.71 bits per heavy atom. The van der Waals surface area contributed by atoms with Crippen LogP contribution in [0.1, 0.15) is 0 Å². The zero-order chi connectivity index (χ0) is 9.97. The summed E-state index contributed by atoms with van der Waals surface area (Å²) in [5, 5.41) is 7.04. The average Bonchev–Trinajstić information content (AvgIpc) is 2.56. The summed E-state index contributed by atoms with van der Waals surface area (Å²) in [6.45, 7) is 0. The first kappa shape index (κ1) is 8.68.